The lowest BCUT2D eigenvalue weighted by Crippen LogP contribution is -2.49. The van der Waals surface area contributed by atoms with Gasteiger partial charge < -0.3 is 4.74 Å². The summed E-state index contributed by atoms with van der Waals surface area (Å²) in [5.74, 6) is 1.12. The van der Waals surface area contributed by atoms with Gasteiger partial charge in [0.1, 0.15) is 11.9 Å². The molecule has 1 fully saturated rings. The molecule has 0 spiro atoms. The third kappa shape index (κ3) is 4.39. The van der Waals surface area contributed by atoms with Crippen molar-refractivity contribution in [2.75, 3.05) is 37.7 Å². The Morgan fingerprint density at radius 2 is 1.68 bits per heavy atom. The van der Waals surface area contributed by atoms with Crippen molar-refractivity contribution < 1.29 is 31.3 Å². The molecule has 2 aromatic rings. The molecule has 1 aromatic heterocycles. The normalized spacial score (nSPS) is 16.2. The van der Waals surface area contributed by atoms with E-state index in [0.29, 0.717) is 31.3 Å². The number of aromatic amines is 1. The van der Waals surface area contributed by atoms with Crippen LogP contribution in [0.3, 0.4) is 0 Å². The molecule has 0 unspecified atom stereocenters. The van der Waals surface area contributed by atoms with E-state index >= 15 is 0 Å². The van der Waals surface area contributed by atoms with Gasteiger partial charge in [0, 0.05) is 6.07 Å². The molecule has 3 rings (SSSR count). The zero-order valence-electron chi connectivity index (χ0n) is 15.2. The van der Waals surface area contributed by atoms with Crippen molar-refractivity contribution in [1.82, 2.24) is 4.31 Å². The van der Waals surface area contributed by atoms with E-state index in [1.165, 1.54) is 22.5 Å². The van der Waals surface area contributed by atoms with Crippen LogP contribution < -0.4 is 14.6 Å². The van der Waals surface area contributed by atoms with Gasteiger partial charge in [0.15, 0.2) is 0 Å². The highest BCUT2D eigenvalue weighted by molar-refractivity contribution is 7.89. The number of nitrogens with zero attached hydrogens (tertiary/aromatic N) is 2. The number of sulfonamides is 1. The van der Waals surface area contributed by atoms with Crippen LogP contribution >= 0.6 is 0 Å². The standard InChI is InChI=1S/C18H20F3N3O3S/c1-2-27-15-4-6-16(7-5-15)28(25,26)24-11-9-23(10-12-24)17-8-3-14(13-22-17)18(19,20)21/h3-8,13H,2,9-12H2,1H3/p+1. The first kappa shape index (κ1) is 20.4. The Balaban J connectivity index is 1.65. The molecule has 152 valence electrons. The van der Waals surface area contributed by atoms with Crippen molar-refractivity contribution in [3.05, 3.63) is 48.2 Å². The van der Waals surface area contributed by atoms with Crippen molar-refractivity contribution >= 4 is 15.8 Å². The van der Waals surface area contributed by atoms with Crippen LogP contribution in [0.1, 0.15) is 12.5 Å². The third-order valence-corrected chi connectivity index (χ3v) is 6.39. The van der Waals surface area contributed by atoms with Gasteiger partial charge in [-0.05, 0) is 37.3 Å². The van der Waals surface area contributed by atoms with Crippen LogP contribution in [-0.4, -0.2) is 45.5 Å². The minimum Gasteiger partial charge on any atom is -0.494 e. The highest BCUT2D eigenvalue weighted by Crippen LogP contribution is 2.28. The maximum atomic E-state index is 12.8. The molecule has 0 aliphatic carbocycles. The molecule has 1 aliphatic heterocycles. The Morgan fingerprint density at radius 1 is 1.04 bits per heavy atom. The Hall–Kier alpha value is -2.33. The molecule has 1 saturated heterocycles. The first-order valence-corrected chi connectivity index (χ1v) is 10.2. The van der Waals surface area contributed by atoms with Gasteiger partial charge in [-0.1, -0.05) is 0 Å². The summed E-state index contributed by atoms with van der Waals surface area (Å²) in [5.41, 5.74) is -0.757. The number of benzene rings is 1. The van der Waals surface area contributed by atoms with Gasteiger partial charge in [-0.15, -0.1) is 0 Å². The fourth-order valence-corrected chi connectivity index (χ4v) is 4.40. The van der Waals surface area contributed by atoms with Crippen molar-refractivity contribution in [2.45, 2.75) is 18.0 Å². The van der Waals surface area contributed by atoms with E-state index in [9.17, 15) is 21.6 Å². The number of piperazine rings is 1. The second kappa shape index (κ2) is 7.96. The lowest BCUT2D eigenvalue weighted by Gasteiger charge is -2.30. The number of hydrogen-bond acceptors (Lipinski definition) is 4. The number of halogens is 3. The molecule has 0 saturated carbocycles. The largest absolute Gasteiger partial charge is 0.494 e. The van der Waals surface area contributed by atoms with Crippen molar-refractivity contribution in [3.63, 3.8) is 0 Å². The number of ether oxygens (including phenoxy) is 1. The Labute approximate surface area is 161 Å². The SMILES string of the molecule is CCOc1ccc(S(=O)(=O)N2CCN(c3ccc(C(F)(F)F)c[nH+]3)CC2)cc1. The molecule has 0 radical (unpaired) electrons. The molecular formula is C18H21F3N3O3S+. The summed E-state index contributed by atoms with van der Waals surface area (Å²) in [4.78, 5) is 4.65. The molecule has 10 heteroatoms. The molecule has 0 atom stereocenters. The maximum absolute atomic E-state index is 12.8. The van der Waals surface area contributed by atoms with Crippen molar-refractivity contribution in [2.24, 2.45) is 0 Å². The van der Waals surface area contributed by atoms with Crippen LogP contribution in [0.15, 0.2) is 47.5 Å². The van der Waals surface area contributed by atoms with Crippen LogP contribution in [0.2, 0.25) is 0 Å². The summed E-state index contributed by atoms with van der Waals surface area (Å²) in [6.45, 7) is 3.57. The van der Waals surface area contributed by atoms with E-state index < -0.39 is 21.8 Å². The first-order chi connectivity index (χ1) is 13.2. The number of hydrogen-bond donors (Lipinski definition) is 0. The van der Waals surface area contributed by atoms with Crippen LogP contribution in [0.5, 0.6) is 5.75 Å². The molecule has 1 aromatic carbocycles. The predicted octanol–water partition coefficient (Wildman–Crippen LogP) is 2.43. The van der Waals surface area contributed by atoms with E-state index in [1.807, 2.05) is 11.8 Å². The quantitative estimate of drug-likeness (QED) is 0.751. The highest BCUT2D eigenvalue weighted by atomic mass is 32.2. The number of aromatic nitrogens is 1. The summed E-state index contributed by atoms with van der Waals surface area (Å²) < 4.78 is 70.3. The van der Waals surface area contributed by atoms with Gasteiger partial charge in [0.05, 0.1) is 43.2 Å². The molecular weight excluding hydrogens is 395 g/mol. The number of alkyl halides is 3. The van der Waals surface area contributed by atoms with E-state index in [0.717, 1.165) is 12.3 Å². The monoisotopic (exact) mass is 416 g/mol. The van der Waals surface area contributed by atoms with E-state index in [1.54, 1.807) is 12.1 Å². The summed E-state index contributed by atoms with van der Waals surface area (Å²) >= 11 is 0. The van der Waals surface area contributed by atoms with Crippen LogP contribution in [-0.2, 0) is 16.2 Å². The zero-order valence-corrected chi connectivity index (χ0v) is 16.1. The highest BCUT2D eigenvalue weighted by Gasteiger charge is 2.34. The number of H-pyrrole nitrogens is 1. The van der Waals surface area contributed by atoms with Crippen LogP contribution in [0, 0.1) is 0 Å². The van der Waals surface area contributed by atoms with E-state index in [-0.39, 0.29) is 18.0 Å². The molecule has 0 amide bonds. The summed E-state index contributed by atoms with van der Waals surface area (Å²) in [6.07, 6.45) is -3.49. The molecule has 6 nitrogen and oxygen atoms in total. The lowest BCUT2D eigenvalue weighted by molar-refractivity contribution is -0.367. The average Bonchev–Trinajstić information content (AvgIpc) is 2.68. The molecule has 2 heterocycles. The predicted molar refractivity (Wildman–Crippen MR) is 96.6 cm³/mol. The number of pyridine rings is 1. The molecule has 1 N–H and O–H groups in total. The van der Waals surface area contributed by atoms with Gasteiger partial charge in [-0.2, -0.15) is 17.5 Å². The van der Waals surface area contributed by atoms with Gasteiger partial charge in [-0.25, -0.2) is 13.4 Å². The van der Waals surface area contributed by atoms with Crippen molar-refractivity contribution in [3.8, 4) is 5.75 Å². The van der Waals surface area contributed by atoms with Gasteiger partial charge in [-0.3, -0.25) is 4.90 Å². The average molecular weight is 416 g/mol. The topological polar surface area (TPSA) is 64.0 Å². The van der Waals surface area contributed by atoms with Crippen LogP contribution in [0.4, 0.5) is 19.0 Å². The second-order valence-electron chi connectivity index (χ2n) is 6.26. The summed E-state index contributed by atoms with van der Waals surface area (Å²) in [6, 6.07) is 8.62. The number of anilines is 1. The first-order valence-electron chi connectivity index (χ1n) is 8.78. The number of rotatable bonds is 5. The Kier molecular flexibility index (Phi) is 5.80. The Morgan fingerprint density at radius 3 is 2.18 bits per heavy atom. The van der Waals surface area contributed by atoms with Gasteiger partial charge in [0.2, 0.25) is 10.0 Å². The fraction of sp³-hybridized carbons (Fsp3) is 0.389. The van der Waals surface area contributed by atoms with Gasteiger partial charge >= 0.3 is 6.18 Å². The smallest absolute Gasteiger partial charge is 0.419 e. The minimum absolute atomic E-state index is 0.186. The van der Waals surface area contributed by atoms with E-state index in [4.69, 9.17) is 4.74 Å². The summed E-state index contributed by atoms with van der Waals surface area (Å²) in [7, 11) is -3.63. The third-order valence-electron chi connectivity index (χ3n) is 4.48. The van der Waals surface area contributed by atoms with E-state index in [2.05, 4.69) is 4.98 Å². The molecule has 0 bridgehead atoms. The summed E-state index contributed by atoms with van der Waals surface area (Å²) in [5, 5.41) is 0. The molecule has 28 heavy (non-hydrogen) atoms. The zero-order chi connectivity index (χ0) is 20.4. The lowest BCUT2D eigenvalue weighted by atomic mass is 10.2. The van der Waals surface area contributed by atoms with Crippen LogP contribution in [0.25, 0.3) is 0 Å². The fourth-order valence-electron chi connectivity index (χ4n) is 2.98. The number of nitrogens with one attached hydrogen (secondary N) is 1. The molecule has 1 aliphatic rings. The van der Waals surface area contributed by atoms with Crippen molar-refractivity contribution in [1.29, 1.82) is 0 Å². The maximum Gasteiger partial charge on any atom is 0.419 e. The Bertz CT molecular complexity index is 892. The van der Waals surface area contributed by atoms with Gasteiger partial charge in [0.25, 0.3) is 5.82 Å². The second-order valence-corrected chi connectivity index (χ2v) is 8.19. The minimum atomic E-state index is -4.40.